The van der Waals surface area contributed by atoms with Gasteiger partial charge in [0.05, 0.1) is 0 Å². The summed E-state index contributed by atoms with van der Waals surface area (Å²) in [5.74, 6) is -1.14. The van der Waals surface area contributed by atoms with Gasteiger partial charge < -0.3 is 20.5 Å². The van der Waals surface area contributed by atoms with E-state index >= 15 is 0 Å². The third kappa shape index (κ3) is 6.34. The molecule has 2 aromatic rings. The van der Waals surface area contributed by atoms with Crippen LogP contribution in [0.1, 0.15) is 57.1 Å². The number of ether oxygens (including phenoxy) is 1. The fourth-order valence-corrected chi connectivity index (χ4v) is 4.43. The lowest BCUT2D eigenvalue weighted by Gasteiger charge is -2.22. The summed E-state index contributed by atoms with van der Waals surface area (Å²) in [4.78, 5) is 36.3. The quantitative estimate of drug-likeness (QED) is 0.498. The molecule has 176 valence electrons. The van der Waals surface area contributed by atoms with E-state index in [1.807, 2.05) is 43.3 Å². The second-order valence-corrected chi connectivity index (χ2v) is 8.99. The molecule has 0 bridgehead atoms. The van der Waals surface area contributed by atoms with Gasteiger partial charge in [0.2, 0.25) is 5.91 Å². The first-order valence-electron chi connectivity index (χ1n) is 11.4. The molecule has 0 fully saturated rings. The van der Waals surface area contributed by atoms with Gasteiger partial charge in [-0.2, -0.15) is 0 Å². The molecule has 7 nitrogen and oxygen atoms in total. The number of fused-ring (bicyclic) bond motifs is 3. The van der Waals surface area contributed by atoms with Gasteiger partial charge in [-0.25, -0.2) is 4.79 Å². The Labute approximate surface area is 194 Å². The van der Waals surface area contributed by atoms with Crippen molar-refractivity contribution in [1.29, 1.82) is 0 Å². The molecule has 0 heterocycles. The van der Waals surface area contributed by atoms with Crippen molar-refractivity contribution in [2.45, 2.75) is 58.0 Å². The SMILES string of the molecule is CC(C)CC(C)NC(=O)C(CCC(=O)O)NC(=O)OCC1c2ccccc2-c2ccccc21. The maximum atomic E-state index is 12.7. The first kappa shape index (κ1) is 24.3. The Balaban J connectivity index is 1.64. The molecule has 33 heavy (non-hydrogen) atoms. The molecule has 0 spiro atoms. The molecular weight excluding hydrogens is 420 g/mol. The van der Waals surface area contributed by atoms with E-state index in [4.69, 9.17) is 9.84 Å². The molecule has 0 saturated carbocycles. The van der Waals surface area contributed by atoms with Crippen LogP contribution in [0.25, 0.3) is 11.1 Å². The number of amides is 2. The number of alkyl carbamates (subject to hydrolysis) is 1. The van der Waals surface area contributed by atoms with E-state index in [1.54, 1.807) is 0 Å². The molecule has 7 heteroatoms. The number of hydrogen-bond donors (Lipinski definition) is 3. The number of aliphatic carboxylic acids is 1. The molecule has 0 saturated heterocycles. The van der Waals surface area contributed by atoms with Crippen molar-refractivity contribution in [2.75, 3.05) is 6.61 Å². The van der Waals surface area contributed by atoms with Gasteiger partial charge in [-0.1, -0.05) is 62.4 Å². The topological polar surface area (TPSA) is 105 Å². The maximum absolute atomic E-state index is 12.7. The average molecular weight is 453 g/mol. The highest BCUT2D eigenvalue weighted by molar-refractivity contribution is 5.86. The third-order valence-electron chi connectivity index (χ3n) is 5.81. The van der Waals surface area contributed by atoms with Crippen molar-refractivity contribution >= 4 is 18.0 Å². The van der Waals surface area contributed by atoms with Crippen molar-refractivity contribution in [1.82, 2.24) is 10.6 Å². The normalized spacial score (nSPS) is 14.2. The predicted molar refractivity (Wildman–Crippen MR) is 126 cm³/mol. The molecule has 2 atom stereocenters. The third-order valence-corrected chi connectivity index (χ3v) is 5.81. The molecule has 3 N–H and O–H groups in total. The number of hydrogen-bond acceptors (Lipinski definition) is 4. The minimum atomic E-state index is -1.03. The number of carboxylic acids is 1. The molecule has 2 aromatic carbocycles. The highest BCUT2D eigenvalue weighted by Crippen LogP contribution is 2.44. The summed E-state index contributed by atoms with van der Waals surface area (Å²) >= 11 is 0. The van der Waals surface area contributed by atoms with Crippen molar-refractivity contribution in [3.8, 4) is 11.1 Å². The van der Waals surface area contributed by atoms with E-state index in [9.17, 15) is 14.4 Å². The van der Waals surface area contributed by atoms with Gasteiger partial charge in [-0.05, 0) is 47.9 Å². The fourth-order valence-electron chi connectivity index (χ4n) is 4.43. The minimum absolute atomic E-state index is 0.0141. The average Bonchev–Trinajstić information content (AvgIpc) is 3.08. The lowest BCUT2D eigenvalue weighted by molar-refractivity contribution is -0.137. The Hall–Kier alpha value is -3.35. The highest BCUT2D eigenvalue weighted by atomic mass is 16.5. The van der Waals surface area contributed by atoms with Gasteiger partial charge in [0.15, 0.2) is 0 Å². The van der Waals surface area contributed by atoms with E-state index in [1.165, 1.54) is 0 Å². The molecule has 0 radical (unpaired) electrons. The summed E-state index contributed by atoms with van der Waals surface area (Å²) in [6.07, 6.45) is -0.207. The summed E-state index contributed by atoms with van der Waals surface area (Å²) < 4.78 is 5.52. The summed E-state index contributed by atoms with van der Waals surface area (Å²) in [5.41, 5.74) is 4.43. The van der Waals surface area contributed by atoms with E-state index < -0.39 is 24.0 Å². The second-order valence-electron chi connectivity index (χ2n) is 8.99. The summed E-state index contributed by atoms with van der Waals surface area (Å²) in [6.45, 7) is 6.12. The molecule has 3 rings (SSSR count). The second kappa shape index (κ2) is 11.0. The van der Waals surface area contributed by atoms with E-state index in [0.29, 0.717) is 5.92 Å². The number of nitrogens with one attached hydrogen (secondary N) is 2. The summed E-state index contributed by atoms with van der Waals surface area (Å²) in [5, 5.41) is 14.5. The Bertz CT molecular complexity index is 958. The van der Waals surface area contributed by atoms with Crippen molar-refractivity contribution in [3.63, 3.8) is 0 Å². The van der Waals surface area contributed by atoms with Crippen LogP contribution in [0.5, 0.6) is 0 Å². The number of carboxylic acid groups (broad SMARTS) is 1. The van der Waals surface area contributed by atoms with Gasteiger partial charge >= 0.3 is 12.1 Å². The summed E-state index contributed by atoms with van der Waals surface area (Å²) in [6, 6.07) is 15.0. The number of carbonyl (C=O) groups excluding carboxylic acids is 2. The van der Waals surface area contributed by atoms with Crippen LogP contribution in [0, 0.1) is 5.92 Å². The van der Waals surface area contributed by atoms with E-state index in [0.717, 1.165) is 28.7 Å². The van der Waals surface area contributed by atoms with Gasteiger partial charge in [-0.3, -0.25) is 9.59 Å². The maximum Gasteiger partial charge on any atom is 0.407 e. The first-order valence-corrected chi connectivity index (χ1v) is 11.4. The van der Waals surface area contributed by atoms with E-state index in [-0.39, 0.29) is 31.4 Å². The molecular formula is C26H32N2O5. The standard InChI is InChI=1S/C26H32N2O5/c1-16(2)14-17(3)27-25(31)23(12-13-24(29)30)28-26(32)33-15-22-20-10-6-4-8-18(20)19-9-5-7-11-21(19)22/h4-11,16-17,22-23H,12-15H2,1-3H3,(H,27,31)(H,28,32)(H,29,30). The highest BCUT2D eigenvalue weighted by Gasteiger charge is 2.30. The number of carbonyl (C=O) groups is 3. The van der Waals surface area contributed by atoms with Crippen LogP contribution in [-0.4, -0.2) is 41.8 Å². The zero-order valence-corrected chi connectivity index (χ0v) is 19.3. The minimum Gasteiger partial charge on any atom is -0.481 e. The number of benzene rings is 2. The molecule has 1 aliphatic rings. The predicted octanol–water partition coefficient (Wildman–Crippen LogP) is 4.31. The Morgan fingerprint density at radius 1 is 0.939 bits per heavy atom. The van der Waals surface area contributed by atoms with Crippen LogP contribution in [0.3, 0.4) is 0 Å². The molecule has 0 aromatic heterocycles. The Morgan fingerprint density at radius 3 is 2.06 bits per heavy atom. The van der Waals surface area contributed by atoms with Crippen molar-refractivity contribution in [2.24, 2.45) is 5.92 Å². The summed E-state index contributed by atoms with van der Waals surface area (Å²) in [7, 11) is 0. The van der Waals surface area contributed by atoms with Crippen LogP contribution >= 0.6 is 0 Å². The van der Waals surface area contributed by atoms with Crippen LogP contribution in [-0.2, 0) is 14.3 Å². The van der Waals surface area contributed by atoms with Gasteiger partial charge in [0, 0.05) is 18.4 Å². The van der Waals surface area contributed by atoms with Gasteiger partial charge in [0.1, 0.15) is 12.6 Å². The Kier molecular flexibility index (Phi) is 8.09. The van der Waals surface area contributed by atoms with Crippen LogP contribution in [0.2, 0.25) is 0 Å². The Morgan fingerprint density at radius 2 is 1.52 bits per heavy atom. The molecule has 2 unspecified atom stereocenters. The molecule has 1 aliphatic carbocycles. The van der Waals surface area contributed by atoms with Crippen LogP contribution in [0.15, 0.2) is 48.5 Å². The van der Waals surface area contributed by atoms with E-state index in [2.05, 4.69) is 36.6 Å². The zero-order valence-electron chi connectivity index (χ0n) is 19.3. The smallest absolute Gasteiger partial charge is 0.407 e. The lowest BCUT2D eigenvalue weighted by Crippen LogP contribution is -2.49. The number of rotatable bonds is 10. The lowest BCUT2D eigenvalue weighted by atomic mass is 9.98. The zero-order chi connectivity index (χ0) is 24.0. The van der Waals surface area contributed by atoms with Gasteiger partial charge in [-0.15, -0.1) is 0 Å². The fraction of sp³-hybridized carbons (Fsp3) is 0.423. The molecule has 0 aliphatic heterocycles. The monoisotopic (exact) mass is 452 g/mol. The van der Waals surface area contributed by atoms with Crippen LogP contribution in [0.4, 0.5) is 4.79 Å². The first-order chi connectivity index (χ1) is 15.8. The van der Waals surface area contributed by atoms with Crippen LogP contribution < -0.4 is 10.6 Å². The van der Waals surface area contributed by atoms with Gasteiger partial charge in [0.25, 0.3) is 0 Å². The van der Waals surface area contributed by atoms with Crippen molar-refractivity contribution in [3.05, 3.63) is 59.7 Å². The largest absolute Gasteiger partial charge is 0.481 e. The van der Waals surface area contributed by atoms with Crippen molar-refractivity contribution < 1.29 is 24.2 Å². The molecule has 2 amide bonds.